The normalized spacial score (nSPS) is 16.7. The van der Waals surface area contributed by atoms with Gasteiger partial charge in [0.05, 0.1) is 12.8 Å². The minimum absolute atomic E-state index is 0.148. The topological polar surface area (TPSA) is 50.7 Å². The SMILES string of the molecule is COc1ccc(N=CC2C(=O)Nc3ccc(Cl)cc32)cc1F. The van der Waals surface area contributed by atoms with E-state index in [1.165, 1.54) is 25.5 Å². The maximum atomic E-state index is 13.6. The van der Waals surface area contributed by atoms with Crippen LogP contribution < -0.4 is 10.1 Å². The number of nitrogens with zero attached hydrogens (tertiary/aromatic N) is 1. The largest absolute Gasteiger partial charge is 0.494 e. The second-order valence-electron chi connectivity index (χ2n) is 4.80. The van der Waals surface area contributed by atoms with Gasteiger partial charge in [0.25, 0.3) is 0 Å². The molecule has 1 amide bonds. The zero-order chi connectivity index (χ0) is 15.7. The predicted octanol–water partition coefficient (Wildman–Crippen LogP) is 3.93. The van der Waals surface area contributed by atoms with E-state index in [2.05, 4.69) is 10.3 Å². The van der Waals surface area contributed by atoms with Gasteiger partial charge in [-0.05, 0) is 35.9 Å². The number of fused-ring (bicyclic) bond motifs is 1. The highest BCUT2D eigenvalue weighted by Gasteiger charge is 2.29. The molecule has 0 saturated heterocycles. The predicted molar refractivity (Wildman–Crippen MR) is 83.9 cm³/mol. The molecular weight excluding hydrogens is 307 g/mol. The molecule has 0 radical (unpaired) electrons. The standard InChI is InChI=1S/C16H12ClFN2O2/c1-22-15-5-3-10(7-13(15)18)19-8-12-11-6-9(17)2-4-14(11)20-16(12)21/h2-8,12H,1H3,(H,20,21). The summed E-state index contributed by atoms with van der Waals surface area (Å²) in [5.41, 5.74) is 1.88. The van der Waals surface area contributed by atoms with Crippen molar-refractivity contribution in [2.75, 3.05) is 12.4 Å². The average molecular weight is 319 g/mol. The summed E-state index contributed by atoms with van der Waals surface area (Å²) < 4.78 is 18.5. The molecule has 0 saturated carbocycles. The van der Waals surface area contributed by atoms with Crippen LogP contribution in [0.2, 0.25) is 5.02 Å². The number of amides is 1. The highest BCUT2D eigenvalue weighted by molar-refractivity contribution is 6.31. The van der Waals surface area contributed by atoms with Crippen molar-refractivity contribution in [3.05, 3.63) is 52.8 Å². The molecule has 1 aliphatic rings. The lowest BCUT2D eigenvalue weighted by Gasteiger charge is -2.04. The van der Waals surface area contributed by atoms with Crippen LogP contribution in [0.1, 0.15) is 11.5 Å². The van der Waals surface area contributed by atoms with Crippen molar-refractivity contribution in [2.45, 2.75) is 5.92 Å². The molecule has 4 nitrogen and oxygen atoms in total. The van der Waals surface area contributed by atoms with Crippen LogP contribution in [0, 0.1) is 5.82 Å². The van der Waals surface area contributed by atoms with Gasteiger partial charge in [-0.3, -0.25) is 9.79 Å². The van der Waals surface area contributed by atoms with Crippen molar-refractivity contribution >= 4 is 35.1 Å². The molecule has 1 aliphatic heterocycles. The number of aliphatic imine (C=N–C) groups is 1. The number of ether oxygens (including phenoxy) is 1. The third-order valence-electron chi connectivity index (χ3n) is 3.40. The van der Waals surface area contributed by atoms with Gasteiger partial charge in [-0.25, -0.2) is 4.39 Å². The molecule has 1 heterocycles. The van der Waals surface area contributed by atoms with Crippen LogP contribution in [-0.4, -0.2) is 19.2 Å². The van der Waals surface area contributed by atoms with Gasteiger partial charge in [-0.2, -0.15) is 0 Å². The Morgan fingerprint density at radius 3 is 2.86 bits per heavy atom. The van der Waals surface area contributed by atoms with E-state index in [9.17, 15) is 9.18 Å². The zero-order valence-electron chi connectivity index (χ0n) is 11.6. The fourth-order valence-electron chi connectivity index (χ4n) is 2.30. The number of carbonyl (C=O) groups excluding carboxylic acids is 1. The number of anilines is 1. The molecule has 2 aromatic rings. The Morgan fingerprint density at radius 1 is 1.32 bits per heavy atom. The summed E-state index contributed by atoms with van der Waals surface area (Å²) in [6.07, 6.45) is 1.48. The lowest BCUT2D eigenvalue weighted by molar-refractivity contribution is -0.115. The van der Waals surface area contributed by atoms with Crippen molar-refractivity contribution < 1.29 is 13.9 Å². The first-order chi connectivity index (χ1) is 10.6. The molecule has 0 bridgehead atoms. The summed E-state index contributed by atoms with van der Waals surface area (Å²) in [6.45, 7) is 0. The van der Waals surface area contributed by atoms with Crippen molar-refractivity contribution in [1.29, 1.82) is 0 Å². The molecule has 0 aliphatic carbocycles. The van der Waals surface area contributed by atoms with E-state index < -0.39 is 11.7 Å². The van der Waals surface area contributed by atoms with Crippen LogP contribution in [0.5, 0.6) is 5.75 Å². The van der Waals surface area contributed by atoms with E-state index in [1.807, 2.05) is 0 Å². The average Bonchev–Trinajstić information content (AvgIpc) is 2.80. The molecule has 0 aromatic heterocycles. The second-order valence-corrected chi connectivity index (χ2v) is 5.23. The maximum Gasteiger partial charge on any atom is 0.237 e. The molecular formula is C16H12ClFN2O2. The number of nitrogens with one attached hydrogen (secondary N) is 1. The second kappa shape index (κ2) is 5.77. The molecule has 112 valence electrons. The van der Waals surface area contributed by atoms with Crippen LogP contribution in [0.4, 0.5) is 15.8 Å². The third-order valence-corrected chi connectivity index (χ3v) is 3.63. The van der Waals surface area contributed by atoms with Crippen LogP contribution in [0.15, 0.2) is 41.4 Å². The Bertz CT molecular complexity index is 777. The van der Waals surface area contributed by atoms with Crippen LogP contribution >= 0.6 is 11.6 Å². The highest BCUT2D eigenvalue weighted by atomic mass is 35.5. The molecule has 0 spiro atoms. The number of benzene rings is 2. The first kappa shape index (κ1) is 14.5. The van der Waals surface area contributed by atoms with Crippen molar-refractivity contribution in [3.8, 4) is 5.75 Å². The molecule has 22 heavy (non-hydrogen) atoms. The van der Waals surface area contributed by atoms with E-state index in [0.717, 1.165) is 5.56 Å². The summed E-state index contributed by atoms with van der Waals surface area (Å²) in [5, 5.41) is 3.30. The summed E-state index contributed by atoms with van der Waals surface area (Å²) in [5.74, 6) is -1.08. The molecule has 0 fully saturated rings. The van der Waals surface area contributed by atoms with Gasteiger partial charge >= 0.3 is 0 Å². The minimum Gasteiger partial charge on any atom is -0.494 e. The van der Waals surface area contributed by atoms with Crippen LogP contribution in [0.3, 0.4) is 0 Å². The molecule has 2 aromatic carbocycles. The van der Waals surface area contributed by atoms with Gasteiger partial charge in [-0.15, -0.1) is 0 Å². The highest BCUT2D eigenvalue weighted by Crippen LogP contribution is 2.34. The Labute approximate surface area is 131 Å². The summed E-state index contributed by atoms with van der Waals surface area (Å²) in [7, 11) is 1.39. The molecule has 1 atom stereocenters. The van der Waals surface area contributed by atoms with E-state index in [0.29, 0.717) is 16.4 Å². The molecule has 1 unspecified atom stereocenters. The van der Waals surface area contributed by atoms with E-state index in [1.54, 1.807) is 24.3 Å². The van der Waals surface area contributed by atoms with Crippen LogP contribution in [-0.2, 0) is 4.79 Å². The molecule has 3 rings (SSSR count). The van der Waals surface area contributed by atoms with Gasteiger partial charge < -0.3 is 10.1 Å². The van der Waals surface area contributed by atoms with Gasteiger partial charge in [0.1, 0.15) is 5.92 Å². The fraction of sp³-hybridized carbons (Fsp3) is 0.125. The zero-order valence-corrected chi connectivity index (χ0v) is 12.4. The number of rotatable bonds is 3. The minimum atomic E-state index is -0.543. The first-order valence-electron chi connectivity index (χ1n) is 6.56. The quantitative estimate of drug-likeness (QED) is 0.872. The lowest BCUT2D eigenvalue weighted by Crippen LogP contribution is -2.12. The van der Waals surface area contributed by atoms with E-state index in [-0.39, 0.29) is 11.7 Å². The maximum absolute atomic E-state index is 13.6. The number of carbonyl (C=O) groups is 1. The van der Waals surface area contributed by atoms with Crippen molar-refractivity contribution in [2.24, 2.45) is 4.99 Å². The lowest BCUT2D eigenvalue weighted by atomic mass is 10.0. The summed E-state index contributed by atoms with van der Waals surface area (Å²) in [4.78, 5) is 16.2. The Balaban J connectivity index is 1.89. The van der Waals surface area contributed by atoms with Gasteiger partial charge in [0.2, 0.25) is 5.91 Å². The Kier molecular flexibility index (Phi) is 3.81. The number of methoxy groups -OCH3 is 1. The summed E-state index contributed by atoms with van der Waals surface area (Å²) >= 11 is 5.96. The Morgan fingerprint density at radius 2 is 2.14 bits per heavy atom. The monoisotopic (exact) mass is 318 g/mol. The van der Waals surface area contributed by atoms with Crippen molar-refractivity contribution in [1.82, 2.24) is 0 Å². The van der Waals surface area contributed by atoms with Crippen LogP contribution in [0.25, 0.3) is 0 Å². The third kappa shape index (κ3) is 2.67. The number of hydrogen-bond acceptors (Lipinski definition) is 3. The molecule has 6 heteroatoms. The van der Waals surface area contributed by atoms with Gasteiger partial charge in [-0.1, -0.05) is 11.6 Å². The summed E-state index contributed by atoms with van der Waals surface area (Å²) in [6, 6.07) is 9.53. The smallest absolute Gasteiger partial charge is 0.237 e. The number of halogens is 2. The van der Waals surface area contributed by atoms with E-state index >= 15 is 0 Å². The molecule has 1 N–H and O–H groups in total. The number of hydrogen-bond donors (Lipinski definition) is 1. The van der Waals surface area contributed by atoms with Gasteiger partial charge in [0, 0.05) is 23.0 Å². The van der Waals surface area contributed by atoms with Crippen molar-refractivity contribution in [3.63, 3.8) is 0 Å². The Hall–Kier alpha value is -2.40. The first-order valence-corrected chi connectivity index (χ1v) is 6.94. The van der Waals surface area contributed by atoms with Gasteiger partial charge in [0.15, 0.2) is 11.6 Å². The fourth-order valence-corrected chi connectivity index (χ4v) is 2.48. The van der Waals surface area contributed by atoms with E-state index in [4.69, 9.17) is 16.3 Å².